The highest BCUT2D eigenvalue weighted by atomic mass is 35.5. The van der Waals surface area contributed by atoms with Crippen molar-refractivity contribution < 1.29 is 4.74 Å². The van der Waals surface area contributed by atoms with Crippen molar-refractivity contribution in [2.24, 2.45) is 0 Å². The fourth-order valence-electron chi connectivity index (χ4n) is 3.87. The van der Waals surface area contributed by atoms with Crippen LogP contribution in [0.3, 0.4) is 0 Å². The molecule has 1 saturated heterocycles. The van der Waals surface area contributed by atoms with E-state index in [1.54, 1.807) is 7.11 Å². The third-order valence-electron chi connectivity index (χ3n) is 5.35. The normalized spacial score (nSPS) is 14.9. The number of hydrogen-bond acceptors (Lipinski definition) is 3. The van der Waals surface area contributed by atoms with Gasteiger partial charge < -0.3 is 9.64 Å². The summed E-state index contributed by atoms with van der Waals surface area (Å²) in [5.41, 5.74) is 4.97. The van der Waals surface area contributed by atoms with Gasteiger partial charge in [-0.15, -0.1) is 0 Å². The minimum atomic E-state index is 0.776. The van der Waals surface area contributed by atoms with Crippen LogP contribution in [0.25, 0.3) is 11.1 Å². The SMILES string of the molecule is COc1ccccc1N1CCN(Cc2ccccc2-c2cccc(Cl)c2)CC1. The van der Waals surface area contributed by atoms with Gasteiger partial charge in [-0.2, -0.15) is 0 Å². The van der Waals surface area contributed by atoms with Gasteiger partial charge in [0.1, 0.15) is 5.75 Å². The second-order valence-corrected chi connectivity index (χ2v) is 7.54. The molecule has 0 N–H and O–H groups in total. The van der Waals surface area contributed by atoms with Crippen LogP contribution in [0.5, 0.6) is 5.75 Å². The number of para-hydroxylation sites is 2. The molecule has 4 heteroatoms. The lowest BCUT2D eigenvalue weighted by molar-refractivity contribution is 0.249. The average molecular weight is 393 g/mol. The summed E-state index contributed by atoms with van der Waals surface area (Å²) in [6.45, 7) is 5.01. The summed E-state index contributed by atoms with van der Waals surface area (Å²) in [5, 5.41) is 0.776. The summed E-state index contributed by atoms with van der Waals surface area (Å²) in [5.74, 6) is 0.947. The van der Waals surface area contributed by atoms with E-state index < -0.39 is 0 Å². The molecule has 0 aromatic heterocycles. The van der Waals surface area contributed by atoms with E-state index in [0.717, 1.165) is 43.5 Å². The minimum Gasteiger partial charge on any atom is -0.495 e. The Balaban J connectivity index is 1.46. The maximum absolute atomic E-state index is 6.21. The van der Waals surface area contributed by atoms with Crippen LogP contribution in [-0.2, 0) is 6.54 Å². The average Bonchev–Trinajstić information content (AvgIpc) is 2.75. The molecule has 1 heterocycles. The second-order valence-electron chi connectivity index (χ2n) is 7.10. The number of benzene rings is 3. The highest BCUT2D eigenvalue weighted by Gasteiger charge is 2.20. The fourth-order valence-corrected chi connectivity index (χ4v) is 4.06. The first-order chi connectivity index (χ1) is 13.7. The Morgan fingerprint density at radius 2 is 1.61 bits per heavy atom. The van der Waals surface area contributed by atoms with Crippen LogP contribution in [0.4, 0.5) is 5.69 Å². The summed E-state index contributed by atoms with van der Waals surface area (Å²) in [6.07, 6.45) is 0. The second kappa shape index (κ2) is 8.68. The Labute approximate surface area is 172 Å². The number of hydrogen-bond donors (Lipinski definition) is 0. The van der Waals surface area contributed by atoms with Gasteiger partial charge in [-0.3, -0.25) is 4.90 Å². The van der Waals surface area contributed by atoms with Crippen LogP contribution in [0, 0.1) is 0 Å². The minimum absolute atomic E-state index is 0.776. The molecule has 3 nitrogen and oxygen atoms in total. The predicted molar refractivity (Wildman–Crippen MR) is 117 cm³/mol. The number of methoxy groups -OCH3 is 1. The van der Waals surface area contributed by atoms with Crippen LogP contribution in [0.1, 0.15) is 5.56 Å². The molecule has 0 spiro atoms. The van der Waals surface area contributed by atoms with Crippen LogP contribution in [0.2, 0.25) is 5.02 Å². The summed E-state index contributed by atoms with van der Waals surface area (Å²) in [6, 6.07) is 25.0. The van der Waals surface area contributed by atoms with E-state index in [1.807, 2.05) is 30.3 Å². The Morgan fingerprint density at radius 3 is 2.39 bits per heavy atom. The van der Waals surface area contributed by atoms with Gasteiger partial charge in [-0.05, 0) is 41.0 Å². The molecule has 0 atom stereocenters. The van der Waals surface area contributed by atoms with Crippen LogP contribution in [-0.4, -0.2) is 38.2 Å². The van der Waals surface area contributed by atoms with E-state index in [9.17, 15) is 0 Å². The zero-order chi connectivity index (χ0) is 19.3. The topological polar surface area (TPSA) is 15.7 Å². The number of halogens is 1. The molecule has 0 radical (unpaired) electrons. The van der Waals surface area contributed by atoms with Crippen molar-refractivity contribution in [3.8, 4) is 16.9 Å². The third-order valence-corrected chi connectivity index (χ3v) is 5.58. The van der Waals surface area contributed by atoms with Crippen LogP contribution in [0.15, 0.2) is 72.8 Å². The molecule has 4 rings (SSSR count). The van der Waals surface area contributed by atoms with E-state index in [1.165, 1.54) is 22.4 Å². The Morgan fingerprint density at radius 1 is 0.857 bits per heavy atom. The van der Waals surface area contributed by atoms with Gasteiger partial charge in [-0.1, -0.05) is 60.1 Å². The van der Waals surface area contributed by atoms with Crippen molar-refractivity contribution in [1.82, 2.24) is 4.90 Å². The molecular formula is C24H25ClN2O. The molecule has 1 fully saturated rings. The van der Waals surface area contributed by atoms with Gasteiger partial charge >= 0.3 is 0 Å². The molecule has 0 unspecified atom stereocenters. The standard InChI is InChI=1S/C24H25ClN2O/c1-28-24-12-5-4-11-23(24)27-15-13-26(14-16-27)18-20-7-2-3-10-22(20)19-8-6-9-21(25)17-19/h2-12,17H,13-16,18H2,1H3. The molecule has 1 aliphatic rings. The largest absolute Gasteiger partial charge is 0.495 e. The molecule has 0 aliphatic carbocycles. The Hall–Kier alpha value is -2.49. The van der Waals surface area contributed by atoms with Crippen molar-refractivity contribution in [1.29, 1.82) is 0 Å². The van der Waals surface area contributed by atoms with Crippen molar-refractivity contribution in [3.05, 3.63) is 83.4 Å². The molecule has 3 aromatic rings. The summed E-state index contributed by atoms with van der Waals surface area (Å²) in [7, 11) is 1.74. The molecule has 0 saturated carbocycles. The predicted octanol–water partition coefficient (Wildman–Crippen LogP) is 5.34. The van der Waals surface area contributed by atoms with Crippen LogP contribution >= 0.6 is 11.6 Å². The van der Waals surface area contributed by atoms with Crippen molar-refractivity contribution >= 4 is 17.3 Å². The van der Waals surface area contributed by atoms with Gasteiger partial charge in [0.2, 0.25) is 0 Å². The lowest BCUT2D eigenvalue weighted by atomic mass is 9.99. The Kier molecular flexibility index (Phi) is 5.84. The highest BCUT2D eigenvalue weighted by Crippen LogP contribution is 2.30. The fraction of sp³-hybridized carbons (Fsp3) is 0.250. The van der Waals surface area contributed by atoms with Gasteiger partial charge in [0.05, 0.1) is 12.8 Å². The van der Waals surface area contributed by atoms with Gasteiger partial charge in [0.25, 0.3) is 0 Å². The zero-order valence-corrected chi connectivity index (χ0v) is 16.9. The number of ether oxygens (including phenoxy) is 1. The maximum Gasteiger partial charge on any atom is 0.142 e. The molecule has 0 amide bonds. The molecule has 0 bridgehead atoms. The van der Waals surface area contributed by atoms with E-state index in [-0.39, 0.29) is 0 Å². The lowest BCUT2D eigenvalue weighted by Gasteiger charge is -2.37. The monoisotopic (exact) mass is 392 g/mol. The molecule has 144 valence electrons. The number of anilines is 1. The number of piperazine rings is 1. The van der Waals surface area contributed by atoms with E-state index >= 15 is 0 Å². The molecule has 28 heavy (non-hydrogen) atoms. The summed E-state index contributed by atoms with van der Waals surface area (Å²) >= 11 is 6.21. The third kappa shape index (κ3) is 4.16. The van der Waals surface area contributed by atoms with E-state index in [4.69, 9.17) is 16.3 Å². The lowest BCUT2D eigenvalue weighted by Crippen LogP contribution is -2.46. The number of rotatable bonds is 5. The van der Waals surface area contributed by atoms with Crippen molar-refractivity contribution in [2.75, 3.05) is 38.2 Å². The van der Waals surface area contributed by atoms with Gasteiger partial charge in [0.15, 0.2) is 0 Å². The quantitative estimate of drug-likeness (QED) is 0.583. The zero-order valence-electron chi connectivity index (χ0n) is 16.1. The maximum atomic E-state index is 6.21. The van der Waals surface area contributed by atoms with Crippen molar-refractivity contribution in [2.45, 2.75) is 6.54 Å². The Bertz CT molecular complexity index is 935. The van der Waals surface area contributed by atoms with E-state index in [2.05, 4.69) is 52.3 Å². The van der Waals surface area contributed by atoms with Crippen molar-refractivity contribution in [3.63, 3.8) is 0 Å². The van der Waals surface area contributed by atoms with E-state index in [0.29, 0.717) is 0 Å². The summed E-state index contributed by atoms with van der Waals surface area (Å²) in [4.78, 5) is 4.94. The van der Waals surface area contributed by atoms with Gasteiger partial charge in [0, 0.05) is 37.7 Å². The number of nitrogens with zero attached hydrogens (tertiary/aromatic N) is 2. The first kappa shape index (κ1) is 18.9. The highest BCUT2D eigenvalue weighted by molar-refractivity contribution is 6.30. The summed E-state index contributed by atoms with van der Waals surface area (Å²) < 4.78 is 5.53. The molecular weight excluding hydrogens is 368 g/mol. The molecule has 3 aromatic carbocycles. The first-order valence-corrected chi connectivity index (χ1v) is 10.1. The smallest absolute Gasteiger partial charge is 0.142 e. The molecule has 1 aliphatic heterocycles. The van der Waals surface area contributed by atoms with Crippen LogP contribution < -0.4 is 9.64 Å². The van der Waals surface area contributed by atoms with Gasteiger partial charge in [-0.25, -0.2) is 0 Å². The first-order valence-electron chi connectivity index (χ1n) is 9.69.